The lowest BCUT2D eigenvalue weighted by molar-refractivity contribution is 0.301. The molecule has 0 saturated heterocycles. The molecule has 3 nitrogen and oxygen atoms in total. The number of aliphatic hydroxyl groups excluding tert-OH is 1. The Bertz CT molecular complexity index is 444. The van der Waals surface area contributed by atoms with Gasteiger partial charge in [0.15, 0.2) is 0 Å². The molecule has 0 unspecified atom stereocenters. The minimum absolute atomic E-state index is 0.216. The molecule has 0 heterocycles. The Kier molecular flexibility index (Phi) is 4.10. The molecule has 2 N–H and O–H groups in total. The molecule has 0 bridgehead atoms. The van der Waals surface area contributed by atoms with Gasteiger partial charge in [-0.2, -0.15) is 0 Å². The summed E-state index contributed by atoms with van der Waals surface area (Å²) in [6, 6.07) is 7.96. The molecule has 0 spiro atoms. The van der Waals surface area contributed by atoms with Crippen molar-refractivity contribution < 1.29 is 5.11 Å². The van der Waals surface area contributed by atoms with Gasteiger partial charge in [0.05, 0.1) is 12.3 Å². The van der Waals surface area contributed by atoms with E-state index in [1.807, 2.05) is 0 Å². The van der Waals surface area contributed by atoms with Crippen LogP contribution in [0.2, 0.25) is 0 Å². The highest BCUT2D eigenvalue weighted by Crippen LogP contribution is 2.36. The zero-order chi connectivity index (χ0) is 13.2. The maximum Gasteiger partial charge on any atom is 0.0606 e. The minimum Gasteiger partial charge on any atom is -0.395 e. The summed E-state index contributed by atoms with van der Waals surface area (Å²) in [7, 11) is 0. The maximum atomic E-state index is 9.21. The van der Waals surface area contributed by atoms with Crippen LogP contribution in [0.1, 0.15) is 31.2 Å². The van der Waals surface area contributed by atoms with E-state index in [1.54, 1.807) is 0 Å². The summed E-state index contributed by atoms with van der Waals surface area (Å²) in [6.07, 6.45) is 5.14. The van der Waals surface area contributed by atoms with E-state index < -0.39 is 0 Å². The Morgan fingerprint density at radius 3 is 2.63 bits per heavy atom. The fourth-order valence-corrected chi connectivity index (χ4v) is 3.09. The summed E-state index contributed by atoms with van der Waals surface area (Å²) in [5.74, 6) is 0. The summed E-state index contributed by atoms with van der Waals surface area (Å²) in [5, 5.41) is 12.7. The molecule has 1 aromatic carbocycles. The van der Waals surface area contributed by atoms with Gasteiger partial charge < -0.3 is 15.3 Å². The topological polar surface area (TPSA) is 35.5 Å². The van der Waals surface area contributed by atoms with Crippen molar-refractivity contribution in [3.63, 3.8) is 0 Å². The van der Waals surface area contributed by atoms with Crippen molar-refractivity contribution >= 4 is 21.6 Å². The molecule has 0 aromatic heterocycles. The lowest BCUT2D eigenvalue weighted by atomic mass is 10.2. The van der Waals surface area contributed by atoms with E-state index in [0.29, 0.717) is 6.04 Å². The van der Waals surface area contributed by atoms with Crippen LogP contribution in [0.25, 0.3) is 0 Å². The Morgan fingerprint density at radius 1 is 1.26 bits per heavy atom. The second-order valence-electron chi connectivity index (χ2n) is 5.59. The lowest BCUT2D eigenvalue weighted by Crippen LogP contribution is -2.29. The first-order valence-corrected chi connectivity index (χ1v) is 7.96. The van der Waals surface area contributed by atoms with E-state index in [0.717, 1.165) is 23.6 Å². The molecular weight excluding hydrogens is 304 g/mol. The largest absolute Gasteiger partial charge is 0.395 e. The fraction of sp³-hybridized carbons (Fsp3) is 0.600. The van der Waals surface area contributed by atoms with Crippen molar-refractivity contribution in [3.8, 4) is 0 Å². The van der Waals surface area contributed by atoms with Crippen LogP contribution in [0.3, 0.4) is 0 Å². The first-order chi connectivity index (χ1) is 9.28. The first kappa shape index (κ1) is 13.4. The predicted octanol–water partition coefficient (Wildman–Crippen LogP) is 2.66. The minimum atomic E-state index is 0.216. The van der Waals surface area contributed by atoms with Crippen LogP contribution in [-0.4, -0.2) is 30.3 Å². The third kappa shape index (κ3) is 3.50. The SMILES string of the molecule is OCCN(c1ccc(CNC2CC2)cc1Br)C1CC1. The van der Waals surface area contributed by atoms with Crippen LogP contribution in [0.5, 0.6) is 0 Å². The van der Waals surface area contributed by atoms with Crippen LogP contribution in [0, 0.1) is 0 Å². The lowest BCUT2D eigenvalue weighted by Gasteiger charge is -2.25. The third-order valence-corrected chi connectivity index (χ3v) is 4.46. The second kappa shape index (κ2) is 5.81. The zero-order valence-electron chi connectivity index (χ0n) is 11.1. The van der Waals surface area contributed by atoms with Crippen LogP contribution >= 0.6 is 15.9 Å². The second-order valence-corrected chi connectivity index (χ2v) is 6.44. The van der Waals surface area contributed by atoms with Gasteiger partial charge in [0.25, 0.3) is 0 Å². The molecule has 2 aliphatic carbocycles. The summed E-state index contributed by atoms with van der Waals surface area (Å²) < 4.78 is 1.14. The Balaban J connectivity index is 1.69. The summed E-state index contributed by atoms with van der Waals surface area (Å²) in [6.45, 7) is 1.89. The normalized spacial score (nSPS) is 18.6. The molecule has 104 valence electrons. The van der Waals surface area contributed by atoms with E-state index >= 15 is 0 Å². The van der Waals surface area contributed by atoms with E-state index in [1.165, 1.54) is 36.9 Å². The van der Waals surface area contributed by atoms with Crippen LogP contribution in [-0.2, 0) is 6.54 Å². The predicted molar refractivity (Wildman–Crippen MR) is 81.5 cm³/mol. The molecule has 1 aromatic rings. The molecule has 2 aliphatic rings. The quantitative estimate of drug-likeness (QED) is 0.809. The summed E-state index contributed by atoms with van der Waals surface area (Å²) in [5.41, 5.74) is 2.54. The van der Waals surface area contributed by atoms with Crippen molar-refractivity contribution in [1.82, 2.24) is 5.32 Å². The maximum absolute atomic E-state index is 9.21. The average molecular weight is 325 g/mol. The molecular formula is C15H21BrN2O. The Morgan fingerprint density at radius 2 is 2.05 bits per heavy atom. The Hall–Kier alpha value is -0.580. The molecule has 4 heteroatoms. The van der Waals surface area contributed by atoms with Gasteiger partial charge in [-0.3, -0.25) is 0 Å². The van der Waals surface area contributed by atoms with Gasteiger partial charge in [-0.25, -0.2) is 0 Å². The number of aliphatic hydroxyl groups is 1. The van der Waals surface area contributed by atoms with Crippen LogP contribution in [0.15, 0.2) is 22.7 Å². The molecule has 0 radical (unpaired) electrons. The average Bonchev–Trinajstić information content (AvgIpc) is 3.28. The fourth-order valence-electron chi connectivity index (χ4n) is 2.44. The van der Waals surface area contributed by atoms with Crippen molar-refractivity contribution in [2.75, 3.05) is 18.1 Å². The van der Waals surface area contributed by atoms with E-state index in [-0.39, 0.29) is 6.61 Å². The molecule has 3 rings (SSSR count). The molecule has 0 amide bonds. The summed E-state index contributed by atoms with van der Waals surface area (Å²) in [4.78, 5) is 2.32. The van der Waals surface area contributed by atoms with Crippen molar-refractivity contribution in [2.24, 2.45) is 0 Å². The van der Waals surface area contributed by atoms with Gasteiger partial charge in [0, 0.05) is 29.6 Å². The van der Waals surface area contributed by atoms with Crippen LogP contribution < -0.4 is 10.2 Å². The number of rotatable bonds is 7. The van der Waals surface area contributed by atoms with E-state index in [2.05, 4.69) is 44.3 Å². The van der Waals surface area contributed by atoms with Crippen molar-refractivity contribution in [1.29, 1.82) is 0 Å². The van der Waals surface area contributed by atoms with Gasteiger partial charge in [0.2, 0.25) is 0 Å². The number of anilines is 1. The van der Waals surface area contributed by atoms with Crippen molar-refractivity contribution in [2.45, 2.75) is 44.3 Å². The number of halogens is 1. The monoisotopic (exact) mass is 324 g/mol. The number of hydrogen-bond acceptors (Lipinski definition) is 3. The van der Waals surface area contributed by atoms with Gasteiger partial charge in [0.1, 0.15) is 0 Å². The highest BCUT2D eigenvalue weighted by molar-refractivity contribution is 9.10. The standard InChI is InChI=1S/C15H21BrN2O/c16-14-9-11(10-17-12-2-3-12)1-6-15(14)18(7-8-19)13-4-5-13/h1,6,9,12-13,17,19H,2-5,7-8,10H2. The molecule has 19 heavy (non-hydrogen) atoms. The molecule has 0 atom stereocenters. The molecule has 0 aliphatic heterocycles. The number of nitrogens with zero attached hydrogens (tertiary/aromatic N) is 1. The number of hydrogen-bond donors (Lipinski definition) is 2. The molecule has 2 saturated carbocycles. The third-order valence-electron chi connectivity index (χ3n) is 3.82. The van der Waals surface area contributed by atoms with Crippen molar-refractivity contribution in [3.05, 3.63) is 28.2 Å². The highest BCUT2D eigenvalue weighted by atomic mass is 79.9. The zero-order valence-corrected chi connectivity index (χ0v) is 12.7. The van der Waals surface area contributed by atoms with Gasteiger partial charge >= 0.3 is 0 Å². The van der Waals surface area contributed by atoms with Crippen LogP contribution in [0.4, 0.5) is 5.69 Å². The highest BCUT2D eigenvalue weighted by Gasteiger charge is 2.29. The van der Waals surface area contributed by atoms with Gasteiger partial charge in [-0.1, -0.05) is 6.07 Å². The number of benzene rings is 1. The van der Waals surface area contributed by atoms with Gasteiger partial charge in [-0.05, 0) is 59.3 Å². The summed E-state index contributed by atoms with van der Waals surface area (Å²) >= 11 is 3.69. The Labute approximate surface area is 123 Å². The first-order valence-electron chi connectivity index (χ1n) is 7.17. The smallest absolute Gasteiger partial charge is 0.0606 e. The van der Waals surface area contributed by atoms with Gasteiger partial charge in [-0.15, -0.1) is 0 Å². The number of nitrogens with one attached hydrogen (secondary N) is 1. The molecule has 2 fully saturated rings. The van der Waals surface area contributed by atoms with E-state index in [9.17, 15) is 5.11 Å². The van der Waals surface area contributed by atoms with E-state index in [4.69, 9.17) is 0 Å².